The summed E-state index contributed by atoms with van der Waals surface area (Å²) in [7, 11) is 0. The van der Waals surface area contributed by atoms with Crippen LogP contribution < -0.4 is 5.73 Å². The van der Waals surface area contributed by atoms with Crippen molar-refractivity contribution in [2.45, 2.75) is 18.9 Å². The zero-order valence-electron chi connectivity index (χ0n) is 8.89. The number of aliphatic hydroxyl groups excluding tert-OH is 1. The quantitative estimate of drug-likeness (QED) is 0.848. The van der Waals surface area contributed by atoms with Crippen LogP contribution in [0, 0.1) is 0 Å². The molecule has 88 valence electrons. The van der Waals surface area contributed by atoms with Crippen molar-refractivity contribution in [3.05, 3.63) is 34.9 Å². The molecule has 0 fully saturated rings. The zero-order valence-corrected chi connectivity index (χ0v) is 9.65. The van der Waals surface area contributed by atoms with Crippen molar-refractivity contribution < 1.29 is 14.6 Å². The molecule has 16 heavy (non-hydrogen) atoms. The Morgan fingerprint density at radius 2 is 2.19 bits per heavy atom. The fourth-order valence-corrected chi connectivity index (χ4v) is 1.71. The van der Waals surface area contributed by atoms with Crippen LogP contribution >= 0.6 is 11.6 Å². The van der Waals surface area contributed by atoms with E-state index in [4.69, 9.17) is 22.1 Å². The van der Waals surface area contributed by atoms with E-state index in [9.17, 15) is 9.90 Å². The van der Waals surface area contributed by atoms with Crippen LogP contribution in [-0.2, 0) is 4.74 Å². The number of ether oxygens (including phenoxy) is 1. The summed E-state index contributed by atoms with van der Waals surface area (Å²) >= 11 is 6.00. The Morgan fingerprint density at radius 1 is 1.56 bits per heavy atom. The maximum Gasteiger partial charge on any atom is 0.404 e. The first-order chi connectivity index (χ1) is 7.52. The molecule has 1 aromatic carbocycles. The Balaban J connectivity index is 2.85. The van der Waals surface area contributed by atoms with Gasteiger partial charge in [0, 0.05) is 10.9 Å². The maximum absolute atomic E-state index is 10.5. The van der Waals surface area contributed by atoms with Gasteiger partial charge >= 0.3 is 6.09 Å². The average molecular weight is 244 g/mol. The molecule has 0 aliphatic rings. The van der Waals surface area contributed by atoms with Crippen molar-refractivity contribution in [2.24, 2.45) is 5.73 Å². The molecule has 0 aliphatic heterocycles. The number of hydrogen-bond acceptors (Lipinski definition) is 3. The summed E-state index contributed by atoms with van der Waals surface area (Å²) in [6.07, 6.45) is -1.54. The van der Waals surface area contributed by atoms with Crippen LogP contribution in [0.15, 0.2) is 24.3 Å². The molecule has 5 heteroatoms. The van der Waals surface area contributed by atoms with Gasteiger partial charge in [-0.1, -0.05) is 29.8 Å². The lowest BCUT2D eigenvalue weighted by atomic mass is 9.95. The van der Waals surface area contributed by atoms with Crippen molar-refractivity contribution in [2.75, 3.05) is 6.61 Å². The first-order valence-corrected chi connectivity index (χ1v) is 5.25. The van der Waals surface area contributed by atoms with E-state index in [2.05, 4.69) is 0 Å². The van der Waals surface area contributed by atoms with E-state index in [-0.39, 0.29) is 12.5 Å². The Labute approximate surface area is 99.0 Å². The lowest BCUT2D eigenvalue weighted by Gasteiger charge is -2.20. The number of halogens is 1. The number of benzene rings is 1. The number of carbonyl (C=O) groups is 1. The van der Waals surface area contributed by atoms with Crippen LogP contribution in [0.25, 0.3) is 0 Å². The molecule has 0 radical (unpaired) electrons. The summed E-state index contributed by atoms with van der Waals surface area (Å²) in [5.41, 5.74) is 5.62. The lowest BCUT2D eigenvalue weighted by Crippen LogP contribution is -2.24. The molecule has 3 N–H and O–H groups in total. The summed E-state index contributed by atoms with van der Waals surface area (Å²) < 4.78 is 4.69. The molecule has 0 unspecified atom stereocenters. The highest BCUT2D eigenvalue weighted by Crippen LogP contribution is 2.27. The van der Waals surface area contributed by atoms with E-state index in [0.29, 0.717) is 5.02 Å². The van der Waals surface area contributed by atoms with Crippen molar-refractivity contribution >= 4 is 17.7 Å². The minimum atomic E-state index is -0.863. The number of carbonyl (C=O) groups excluding carboxylic acids is 1. The van der Waals surface area contributed by atoms with Gasteiger partial charge < -0.3 is 15.6 Å². The third kappa shape index (κ3) is 3.40. The molecule has 1 aromatic rings. The second-order valence-electron chi connectivity index (χ2n) is 3.50. The Morgan fingerprint density at radius 3 is 2.69 bits per heavy atom. The summed E-state index contributed by atoms with van der Waals surface area (Å²) in [5.74, 6) is -0.374. The van der Waals surface area contributed by atoms with Crippen LogP contribution in [0.4, 0.5) is 4.79 Å². The van der Waals surface area contributed by atoms with Crippen LogP contribution in [0.3, 0.4) is 0 Å². The summed E-state index contributed by atoms with van der Waals surface area (Å²) in [6, 6.07) is 7.10. The van der Waals surface area contributed by atoms with Gasteiger partial charge in [0.05, 0.1) is 6.10 Å². The minimum Gasteiger partial charge on any atom is -0.449 e. The Hall–Kier alpha value is -1.26. The van der Waals surface area contributed by atoms with Gasteiger partial charge in [-0.2, -0.15) is 0 Å². The monoisotopic (exact) mass is 243 g/mol. The molecule has 2 atom stereocenters. The van der Waals surface area contributed by atoms with Crippen molar-refractivity contribution in [1.82, 2.24) is 0 Å². The van der Waals surface area contributed by atoms with Gasteiger partial charge in [0.25, 0.3) is 0 Å². The fourth-order valence-electron chi connectivity index (χ4n) is 1.44. The van der Waals surface area contributed by atoms with Gasteiger partial charge in [-0.25, -0.2) is 4.79 Å². The van der Waals surface area contributed by atoms with Gasteiger partial charge in [0.2, 0.25) is 0 Å². The molecule has 0 saturated carbocycles. The standard InChI is InChI=1S/C11H14ClNO3/c1-7(14)9(6-16-11(13)15)8-4-2-3-5-10(8)12/h2-5,7,9,14H,6H2,1H3,(H2,13,15)/t7-,9-/m0/s1. The molecule has 0 aliphatic carbocycles. The summed E-state index contributed by atoms with van der Waals surface area (Å²) in [4.78, 5) is 10.5. The van der Waals surface area contributed by atoms with Crippen molar-refractivity contribution in [3.8, 4) is 0 Å². The molecule has 0 bridgehead atoms. The first kappa shape index (κ1) is 12.8. The average Bonchev–Trinajstić information content (AvgIpc) is 2.20. The number of aliphatic hydroxyl groups is 1. The van der Waals surface area contributed by atoms with E-state index < -0.39 is 12.2 Å². The third-order valence-electron chi connectivity index (χ3n) is 2.29. The maximum atomic E-state index is 10.5. The molecule has 0 heterocycles. The highest BCUT2D eigenvalue weighted by molar-refractivity contribution is 6.31. The number of amides is 1. The van der Waals surface area contributed by atoms with Crippen molar-refractivity contribution in [1.29, 1.82) is 0 Å². The van der Waals surface area contributed by atoms with E-state index in [1.54, 1.807) is 31.2 Å². The Kier molecular flexibility index (Phi) is 4.58. The van der Waals surface area contributed by atoms with Crippen LogP contribution in [0.5, 0.6) is 0 Å². The highest BCUT2D eigenvalue weighted by Gasteiger charge is 2.21. The molecule has 0 aromatic heterocycles. The van der Waals surface area contributed by atoms with Crippen LogP contribution in [0.1, 0.15) is 18.4 Å². The Bertz CT molecular complexity index is 368. The normalized spacial score (nSPS) is 14.2. The predicted molar refractivity (Wildman–Crippen MR) is 61.4 cm³/mol. The van der Waals surface area contributed by atoms with Gasteiger partial charge in [-0.3, -0.25) is 0 Å². The molecule has 0 spiro atoms. The van der Waals surface area contributed by atoms with Crippen LogP contribution in [-0.4, -0.2) is 23.9 Å². The molecule has 0 saturated heterocycles. The summed E-state index contributed by atoms with van der Waals surface area (Å²) in [6.45, 7) is 1.62. The lowest BCUT2D eigenvalue weighted by molar-refractivity contribution is 0.0994. The number of rotatable bonds is 4. The number of hydrogen-bond donors (Lipinski definition) is 2. The molecule has 1 rings (SSSR count). The molecule has 4 nitrogen and oxygen atoms in total. The molecule has 1 amide bonds. The van der Waals surface area contributed by atoms with Crippen molar-refractivity contribution in [3.63, 3.8) is 0 Å². The van der Waals surface area contributed by atoms with Crippen LogP contribution in [0.2, 0.25) is 5.02 Å². The number of primary amides is 1. The largest absolute Gasteiger partial charge is 0.449 e. The predicted octanol–water partition coefficient (Wildman–Crippen LogP) is 1.90. The molecular weight excluding hydrogens is 230 g/mol. The first-order valence-electron chi connectivity index (χ1n) is 4.87. The minimum absolute atomic E-state index is 0.0106. The van der Waals surface area contributed by atoms with Gasteiger partial charge in [-0.05, 0) is 18.6 Å². The number of nitrogens with two attached hydrogens (primary N) is 1. The second-order valence-corrected chi connectivity index (χ2v) is 3.91. The topological polar surface area (TPSA) is 72.6 Å². The smallest absolute Gasteiger partial charge is 0.404 e. The van der Waals surface area contributed by atoms with Gasteiger partial charge in [0.1, 0.15) is 6.61 Å². The second kappa shape index (κ2) is 5.72. The van der Waals surface area contributed by atoms with Gasteiger partial charge in [0.15, 0.2) is 0 Å². The highest BCUT2D eigenvalue weighted by atomic mass is 35.5. The van der Waals surface area contributed by atoms with E-state index >= 15 is 0 Å². The zero-order chi connectivity index (χ0) is 12.1. The third-order valence-corrected chi connectivity index (χ3v) is 2.64. The fraction of sp³-hybridized carbons (Fsp3) is 0.364. The van der Waals surface area contributed by atoms with E-state index in [1.807, 2.05) is 0 Å². The van der Waals surface area contributed by atoms with E-state index in [0.717, 1.165) is 5.56 Å². The van der Waals surface area contributed by atoms with Gasteiger partial charge in [-0.15, -0.1) is 0 Å². The SMILES string of the molecule is C[C@H](O)[C@H](COC(N)=O)c1ccccc1Cl. The summed E-state index contributed by atoms with van der Waals surface area (Å²) in [5, 5.41) is 10.1. The van der Waals surface area contributed by atoms with E-state index in [1.165, 1.54) is 0 Å². The molecular formula is C11H14ClNO3.